The normalized spacial score (nSPS) is 38.7. The van der Waals surface area contributed by atoms with Crippen LogP contribution in [0.1, 0.15) is 19.3 Å². The molecule has 2 saturated heterocycles. The van der Waals surface area contributed by atoms with Gasteiger partial charge in [-0.15, -0.1) is 0 Å². The van der Waals surface area contributed by atoms with Gasteiger partial charge in [-0.05, 0) is 32.2 Å². The van der Waals surface area contributed by atoms with E-state index >= 15 is 0 Å². The van der Waals surface area contributed by atoms with Crippen molar-refractivity contribution in [3.63, 3.8) is 0 Å². The molecular formula is C11H21NO3S. The van der Waals surface area contributed by atoms with Gasteiger partial charge in [0, 0.05) is 18.6 Å². The molecule has 0 saturated carbocycles. The molecule has 0 aromatic rings. The molecule has 0 bridgehead atoms. The number of rotatable bonds is 3. The first kappa shape index (κ1) is 12.3. The van der Waals surface area contributed by atoms with Gasteiger partial charge in [-0.2, -0.15) is 0 Å². The summed E-state index contributed by atoms with van der Waals surface area (Å²) in [5.41, 5.74) is 0.0522. The Hall–Kier alpha value is -0.130. The van der Waals surface area contributed by atoms with Gasteiger partial charge < -0.3 is 10.1 Å². The minimum absolute atomic E-state index is 0.0522. The highest BCUT2D eigenvalue weighted by Gasteiger charge is 2.45. The Labute approximate surface area is 97.7 Å². The van der Waals surface area contributed by atoms with E-state index in [1.807, 2.05) is 7.05 Å². The summed E-state index contributed by atoms with van der Waals surface area (Å²) < 4.78 is 28.7. The monoisotopic (exact) mass is 247 g/mol. The summed E-state index contributed by atoms with van der Waals surface area (Å²) in [5.74, 6) is 1.01. The first-order chi connectivity index (χ1) is 7.58. The van der Waals surface area contributed by atoms with Crippen molar-refractivity contribution in [2.24, 2.45) is 11.3 Å². The lowest BCUT2D eigenvalue weighted by Crippen LogP contribution is -2.46. The zero-order valence-electron chi connectivity index (χ0n) is 9.87. The Balaban J connectivity index is 2.13. The Morgan fingerprint density at radius 2 is 2.31 bits per heavy atom. The average molecular weight is 247 g/mol. The molecule has 2 unspecified atom stereocenters. The third-order valence-corrected chi connectivity index (χ3v) is 5.75. The predicted molar refractivity (Wildman–Crippen MR) is 63.2 cm³/mol. The van der Waals surface area contributed by atoms with Crippen LogP contribution in [0.5, 0.6) is 0 Å². The molecule has 4 nitrogen and oxygen atoms in total. The number of ether oxygens (including phenoxy) is 1. The molecule has 0 amide bonds. The van der Waals surface area contributed by atoms with E-state index in [9.17, 15) is 8.42 Å². The summed E-state index contributed by atoms with van der Waals surface area (Å²) in [5, 5.41) is 3.21. The van der Waals surface area contributed by atoms with Gasteiger partial charge in [0.1, 0.15) is 0 Å². The summed E-state index contributed by atoms with van der Waals surface area (Å²) in [6.45, 7) is 2.41. The van der Waals surface area contributed by atoms with Crippen LogP contribution < -0.4 is 5.32 Å². The number of hydrogen-bond donors (Lipinski definition) is 1. The predicted octanol–water partition coefficient (Wildman–Crippen LogP) is 0.437. The molecule has 0 aromatic heterocycles. The van der Waals surface area contributed by atoms with Crippen LogP contribution in [0.4, 0.5) is 0 Å². The Bertz CT molecular complexity index is 328. The molecule has 0 aliphatic carbocycles. The van der Waals surface area contributed by atoms with E-state index < -0.39 is 9.84 Å². The molecular weight excluding hydrogens is 226 g/mol. The largest absolute Gasteiger partial charge is 0.381 e. The van der Waals surface area contributed by atoms with Gasteiger partial charge in [0.25, 0.3) is 0 Å². The summed E-state index contributed by atoms with van der Waals surface area (Å²) in [6.07, 6.45) is 2.96. The van der Waals surface area contributed by atoms with Gasteiger partial charge in [-0.3, -0.25) is 0 Å². The van der Waals surface area contributed by atoms with Gasteiger partial charge in [0.15, 0.2) is 9.84 Å². The molecule has 2 aliphatic rings. The van der Waals surface area contributed by atoms with Gasteiger partial charge in [0.05, 0.1) is 18.1 Å². The fourth-order valence-corrected chi connectivity index (χ4v) is 5.05. The number of hydrogen-bond acceptors (Lipinski definition) is 4. The van der Waals surface area contributed by atoms with Crippen LogP contribution in [-0.4, -0.2) is 46.7 Å². The fourth-order valence-electron chi connectivity index (χ4n) is 3.11. The second kappa shape index (κ2) is 4.63. The van der Waals surface area contributed by atoms with E-state index in [-0.39, 0.29) is 11.3 Å². The van der Waals surface area contributed by atoms with Crippen LogP contribution in [0.2, 0.25) is 0 Å². The molecule has 0 spiro atoms. The molecule has 2 rings (SSSR count). The second-order valence-corrected chi connectivity index (χ2v) is 7.38. The maximum atomic E-state index is 11.6. The van der Waals surface area contributed by atoms with Crippen LogP contribution in [-0.2, 0) is 14.6 Å². The standard InChI is InChI=1S/C11H21NO3S/c1-12-8-11(4-2-5-15-9-11)10-3-6-16(13,14)7-10/h10,12H,2-9H2,1H3. The summed E-state index contributed by atoms with van der Waals surface area (Å²) in [4.78, 5) is 0. The van der Waals surface area contributed by atoms with Crippen molar-refractivity contribution in [2.45, 2.75) is 19.3 Å². The van der Waals surface area contributed by atoms with Crippen molar-refractivity contribution in [3.8, 4) is 0 Å². The van der Waals surface area contributed by atoms with Gasteiger partial charge >= 0.3 is 0 Å². The fraction of sp³-hybridized carbons (Fsp3) is 1.00. The highest BCUT2D eigenvalue weighted by molar-refractivity contribution is 7.91. The van der Waals surface area contributed by atoms with Gasteiger partial charge in [-0.25, -0.2) is 8.42 Å². The minimum atomic E-state index is -2.78. The van der Waals surface area contributed by atoms with Crippen LogP contribution in [0.25, 0.3) is 0 Å². The lowest BCUT2D eigenvalue weighted by Gasteiger charge is -2.41. The van der Waals surface area contributed by atoms with Crippen LogP contribution in [0, 0.1) is 11.3 Å². The lowest BCUT2D eigenvalue weighted by molar-refractivity contribution is -0.0348. The number of nitrogens with one attached hydrogen (secondary N) is 1. The lowest BCUT2D eigenvalue weighted by atomic mass is 9.71. The highest BCUT2D eigenvalue weighted by atomic mass is 32.2. The van der Waals surface area contributed by atoms with Crippen molar-refractivity contribution in [1.29, 1.82) is 0 Å². The van der Waals surface area contributed by atoms with E-state index in [4.69, 9.17) is 4.74 Å². The maximum Gasteiger partial charge on any atom is 0.150 e. The van der Waals surface area contributed by atoms with Gasteiger partial charge in [-0.1, -0.05) is 0 Å². The van der Waals surface area contributed by atoms with Crippen molar-refractivity contribution in [2.75, 3.05) is 38.3 Å². The van der Waals surface area contributed by atoms with E-state index in [0.29, 0.717) is 18.1 Å². The van der Waals surface area contributed by atoms with Crippen LogP contribution in [0.3, 0.4) is 0 Å². The summed E-state index contributed by atoms with van der Waals surface area (Å²) >= 11 is 0. The quantitative estimate of drug-likeness (QED) is 0.786. The second-order valence-electron chi connectivity index (χ2n) is 5.15. The van der Waals surface area contributed by atoms with Gasteiger partial charge in [0.2, 0.25) is 0 Å². The Morgan fingerprint density at radius 3 is 2.81 bits per heavy atom. The molecule has 1 N–H and O–H groups in total. The molecule has 2 atom stereocenters. The maximum absolute atomic E-state index is 11.6. The molecule has 2 aliphatic heterocycles. The average Bonchev–Trinajstić information content (AvgIpc) is 2.61. The van der Waals surface area contributed by atoms with Crippen LogP contribution >= 0.6 is 0 Å². The molecule has 2 heterocycles. The smallest absolute Gasteiger partial charge is 0.150 e. The third kappa shape index (κ3) is 2.41. The third-order valence-electron chi connectivity index (χ3n) is 3.98. The van der Waals surface area contributed by atoms with E-state index in [0.717, 1.165) is 32.4 Å². The van der Waals surface area contributed by atoms with Crippen molar-refractivity contribution in [3.05, 3.63) is 0 Å². The van der Waals surface area contributed by atoms with Crippen molar-refractivity contribution < 1.29 is 13.2 Å². The number of sulfone groups is 1. The highest BCUT2D eigenvalue weighted by Crippen LogP contribution is 2.41. The molecule has 94 valence electrons. The molecule has 0 aromatic carbocycles. The molecule has 5 heteroatoms. The van der Waals surface area contributed by atoms with Crippen LogP contribution in [0.15, 0.2) is 0 Å². The zero-order valence-corrected chi connectivity index (χ0v) is 10.7. The van der Waals surface area contributed by atoms with Crippen molar-refractivity contribution >= 4 is 9.84 Å². The molecule has 16 heavy (non-hydrogen) atoms. The molecule has 2 fully saturated rings. The zero-order chi connectivity index (χ0) is 11.6. The topological polar surface area (TPSA) is 55.4 Å². The Morgan fingerprint density at radius 1 is 1.50 bits per heavy atom. The van der Waals surface area contributed by atoms with E-state index in [1.54, 1.807) is 0 Å². The van der Waals surface area contributed by atoms with E-state index in [2.05, 4.69) is 5.32 Å². The van der Waals surface area contributed by atoms with Crippen molar-refractivity contribution in [1.82, 2.24) is 5.32 Å². The minimum Gasteiger partial charge on any atom is -0.381 e. The Kier molecular flexibility index (Phi) is 3.56. The SMILES string of the molecule is CNCC1(C2CCS(=O)(=O)C2)CCCOC1. The molecule has 0 radical (unpaired) electrons. The summed E-state index contributed by atoms with van der Waals surface area (Å²) in [7, 11) is -0.854. The first-order valence-electron chi connectivity index (χ1n) is 6.01. The van der Waals surface area contributed by atoms with E-state index in [1.165, 1.54) is 0 Å². The first-order valence-corrected chi connectivity index (χ1v) is 7.83. The summed E-state index contributed by atoms with van der Waals surface area (Å²) in [6, 6.07) is 0.